The molecule has 4 heteroatoms. The van der Waals surface area contributed by atoms with Crippen LogP contribution in [0.15, 0.2) is 30.1 Å². The van der Waals surface area contributed by atoms with Crippen molar-refractivity contribution in [1.82, 2.24) is 0 Å². The van der Waals surface area contributed by atoms with Gasteiger partial charge in [0.25, 0.3) is 0 Å². The van der Waals surface area contributed by atoms with Gasteiger partial charge in [-0.2, -0.15) is 0 Å². The highest BCUT2D eigenvalue weighted by atomic mass is 35.5. The van der Waals surface area contributed by atoms with E-state index in [0.717, 1.165) is 18.4 Å². The normalized spacial score (nSPS) is 14.6. The Hall–Kier alpha value is -1.48. The van der Waals surface area contributed by atoms with Gasteiger partial charge >= 0.3 is 0 Å². The molecule has 0 unspecified atom stereocenters. The van der Waals surface area contributed by atoms with Gasteiger partial charge in [0, 0.05) is 22.2 Å². The first-order valence-electron chi connectivity index (χ1n) is 5.19. The summed E-state index contributed by atoms with van der Waals surface area (Å²) in [4.78, 5) is 0. The minimum atomic E-state index is 0.208. The van der Waals surface area contributed by atoms with Gasteiger partial charge < -0.3 is 16.9 Å². The molecule has 3 nitrogen and oxygen atoms in total. The molecule has 5 N–H and O–H groups in total. The second-order valence-electron chi connectivity index (χ2n) is 4.03. The summed E-state index contributed by atoms with van der Waals surface area (Å²) in [6.45, 7) is 0. The largest absolute Gasteiger partial charge is 0.385 e. The number of halogens is 1. The Morgan fingerprint density at radius 2 is 1.75 bits per heavy atom. The van der Waals surface area contributed by atoms with Gasteiger partial charge in [-0.3, -0.25) is 0 Å². The summed E-state index contributed by atoms with van der Waals surface area (Å²) in [5.74, 6) is 0.534. The van der Waals surface area contributed by atoms with Crippen LogP contribution in [0.3, 0.4) is 0 Å². The van der Waals surface area contributed by atoms with Gasteiger partial charge in [0.2, 0.25) is 0 Å². The van der Waals surface area contributed by atoms with Crippen LogP contribution in [0, 0.1) is 11.3 Å². The maximum Gasteiger partial charge on any atom is 0.103 e. The molecule has 1 aliphatic carbocycles. The van der Waals surface area contributed by atoms with E-state index in [1.165, 1.54) is 0 Å². The first kappa shape index (κ1) is 11.0. The molecule has 0 aliphatic heterocycles. The minimum Gasteiger partial charge on any atom is -0.385 e. The summed E-state index contributed by atoms with van der Waals surface area (Å²) in [7, 11) is 0. The molecule has 2 rings (SSSR count). The zero-order valence-electron chi connectivity index (χ0n) is 8.83. The highest BCUT2D eigenvalue weighted by Crippen LogP contribution is 2.35. The highest BCUT2D eigenvalue weighted by Gasteiger charge is 2.30. The number of nitrogens with one attached hydrogen (secondary N) is 1. The summed E-state index contributed by atoms with van der Waals surface area (Å²) < 4.78 is 0. The van der Waals surface area contributed by atoms with Crippen LogP contribution in [-0.2, 0) is 0 Å². The third kappa shape index (κ3) is 2.19. The molecule has 1 fully saturated rings. The van der Waals surface area contributed by atoms with E-state index < -0.39 is 0 Å². The molecule has 1 aliphatic rings. The molecule has 0 heterocycles. The standard InChI is InChI=1S/C12H14ClN3/c13-9-5-3-7(4-6-9)10(12(15)16)11(14)8-1-2-8/h3-6,8,14H,1-2,15-16H2. The molecule has 0 atom stereocenters. The second-order valence-corrected chi connectivity index (χ2v) is 4.46. The Kier molecular flexibility index (Phi) is 2.88. The van der Waals surface area contributed by atoms with Crippen LogP contribution < -0.4 is 11.5 Å². The van der Waals surface area contributed by atoms with Crippen LogP contribution in [0.1, 0.15) is 18.4 Å². The van der Waals surface area contributed by atoms with Gasteiger partial charge in [-0.05, 0) is 30.5 Å². The molecule has 0 amide bonds. The van der Waals surface area contributed by atoms with Crippen LogP contribution in [0.5, 0.6) is 0 Å². The van der Waals surface area contributed by atoms with Crippen molar-refractivity contribution in [2.45, 2.75) is 12.8 Å². The van der Waals surface area contributed by atoms with Crippen molar-refractivity contribution >= 4 is 22.9 Å². The van der Waals surface area contributed by atoms with Gasteiger partial charge in [-0.25, -0.2) is 0 Å². The third-order valence-electron chi connectivity index (χ3n) is 2.68. The van der Waals surface area contributed by atoms with Crippen molar-refractivity contribution in [2.75, 3.05) is 0 Å². The number of hydrogen-bond acceptors (Lipinski definition) is 3. The average Bonchev–Trinajstić information content (AvgIpc) is 3.04. The van der Waals surface area contributed by atoms with E-state index in [4.69, 9.17) is 28.5 Å². The van der Waals surface area contributed by atoms with Gasteiger partial charge in [-0.15, -0.1) is 0 Å². The third-order valence-corrected chi connectivity index (χ3v) is 2.93. The predicted octanol–water partition coefficient (Wildman–Crippen LogP) is 2.36. The Labute approximate surface area is 99.6 Å². The van der Waals surface area contributed by atoms with E-state index in [2.05, 4.69) is 0 Å². The fourth-order valence-electron chi connectivity index (χ4n) is 1.67. The second kappa shape index (κ2) is 4.18. The van der Waals surface area contributed by atoms with Crippen molar-refractivity contribution in [1.29, 1.82) is 5.41 Å². The number of rotatable bonds is 3. The molecule has 1 saturated carbocycles. The lowest BCUT2D eigenvalue weighted by atomic mass is 9.98. The Morgan fingerprint density at radius 3 is 2.19 bits per heavy atom. The van der Waals surface area contributed by atoms with Gasteiger partial charge in [0.05, 0.1) is 0 Å². The number of allylic oxidation sites excluding steroid dienone is 1. The fourth-order valence-corrected chi connectivity index (χ4v) is 1.80. The molecule has 0 aromatic heterocycles. The summed E-state index contributed by atoms with van der Waals surface area (Å²) in [6, 6.07) is 7.24. The average molecular weight is 236 g/mol. The zero-order chi connectivity index (χ0) is 11.7. The summed E-state index contributed by atoms with van der Waals surface area (Å²) in [5, 5.41) is 8.70. The minimum absolute atomic E-state index is 0.208. The lowest BCUT2D eigenvalue weighted by molar-refractivity contribution is 1.16. The summed E-state index contributed by atoms with van der Waals surface area (Å²) in [6.07, 6.45) is 2.12. The topological polar surface area (TPSA) is 75.9 Å². The lowest BCUT2D eigenvalue weighted by Crippen LogP contribution is -2.17. The lowest BCUT2D eigenvalue weighted by Gasteiger charge is -2.10. The Morgan fingerprint density at radius 1 is 1.19 bits per heavy atom. The molecular formula is C12H14ClN3. The first-order chi connectivity index (χ1) is 7.59. The van der Waals surface area contributed by atoms with E-state index in [1.807, 2.05) is 12.1 Å². The maximum absolute atomic E-state index is 8.03. The van der Waals surface area contributed by atoms with E-state index in [1.54, 1.807) is 12.1 Å². The fraction of sp³-hybridized carbons (Fsp3) is 0.250. The Balaban J connectivity index is 2.37. The maximum atomic E-state index is 8.03. The number of hydrogen-bond donors (Lipinski definition) is 3. The smallest absolute Gasteiger partial charge is 0.103 e. The molecule has 0 bridgehead atoms. The Bertz CT molecular complexity index is 440. The van der Waals surface area contributed by atoms with Gasteiger partial charge in [0.15, 0.2) is 0 Å². The molecule has 16 heavy (non-hydrogen) atoms. The van der Waals surface area contributed by atoms with E-state index >= 15 is 0 Å². The highest BCUT2D eigenvalue weighted by molar-refractivity contribution is 6.31. The summed E-state index contributed by atoms with van der Waals surface area (Å²) >= 11 is 5.82. The van der Waals surface area contributed by atoms with E-state index in [-0.39, 0.29) is 5.82 Å². The van der Waals surface area contributed by atoms with Crippen LogP contribution in [0.4, 0.5) is 0 Å². The van der Waals surface area contributed by atoms with E-state index in [9.17, 15) is 0 Å². The van der Waals surface area contributed by atoms with Crippen molar-refractivity contribution in [3.63, 3.8) is 0 Å². The zero-order valence-corrected chi connectivity index (χ0v) is 9.59. The van der Waals surface area contributed by atoms with Crippen molar-refractivity contribution in [3.05, 3.63) is 40.7 Å². The van der Waals surface area contributed by atoms with Gasteiger partial charge in [-0.1, -0.05) is 23.7 Å². The predicted molar refractivity (Wildman–Crippen MR) is 67.2 cm³/mol. The molecule has 0 saturated heterocycles. The molecule has 0 radical (unpaired) electrons. The van der Waals surface area contributed by atoms with Crippen LogP contribution in [0.25, 0.3) is 5.57 Å². The van der Waals surface area contributed by atoms with E-state index in [0.29, 0.717) is 22.2 Å². The van der Waals surface area contributed by atoms with Crippen LogP contribution in [0.2, 0.25) is 5.02 Å². The number of nitrogens with two attached hydrogens (primary N) is 2. The molecule has 0 spiro atoms. The molecule has 1 aromatic rings. The number of benzene rings is 1. The summed E-state index contributed by atoms with van der Waals surface area (Å²) in [5.41, 5.74) is 13.4. The molecule has 84 valence electrons. The SMILES string of the molecule is N=C(C(=C(N)N)c1ccc(Cl)cc1)C1CC1. The van der Waals surface area contributed by atoms with Crippen molar-refractivity contribution in [2.24, 2.45) is 17.4 Å². The molecular weight excluding hydrogens is 222 g/mol. The first-order valence-corrected chi connectivity index (χ1v) is 5.57. The van der Waals surface area contributed by atoms with Crippen molar-refractivity contribution in [3.8, 4) is 0 Å². The van der Waals surface area contributed by atoms with Gasteiger partial charge in [0.1, 0.15) is 5.82 Å². The quantitative estimate of drug-likeness (QED) is 0.704. The van der Waals surface area contributed by atoms with Crippen LogP contribution in [-0.4, -0.2) is 5.71 Å². The van der Waals surface area contributed by atoms with Crippen molar-refractivity contribution < 1.29 is 0 Å². The monoisotopic (exact) mass is 235 g/mol. The van der Waals surface area contributed by atoms with Crippen LogP contribution >= 0.6 is 11.6 Å². The molecule has 1 aromatic carbocycles.